The lowest BCUT2D eigenvalue weighted by Crippen LogP contribution is -2.35. The molecule has 0 unspecified atom stereocenters. The summed E-state index contributed by atoms with van der Waals surface area (Å²) < 4.78 is 0. The lowest BCUT2D eigenvalue weighted by atomic mass is 9.81. The van der Waals surface area contributed by atoms with Gasteiger partial charge in [-0.25, -0.2) is 0 Å². The molecule has 0 atom stereocenters. The molecule has 4 heteroatoms. The maximum Gasteiger partial charge on any atom is 0.227 e. The summed E-state index contributed by atoms with van der Waals surface area (Å²) in [5.74, 6) is 0.348. The van der Waals surface area contributed by atoms with Crippen LogP contribution in [0.3, 0.4) is 0 Å². The Kier molecular flexibility index (Phi) is 6.83. The van der Waals surface area contributed by atoms with Gasteiger partial charge in [0.15, 0.2) is 0 Å². The van der Waals surface area contributed by atoms with Gasteiger partial charge in [-0.1, -0.05) is 31.0 Å². The minimum absolute atomic E-state index is 0.0189. The Labute approximate surface area is 145 Å². The monoisotopic (exact) mass is 330 g/mol. The third-order valence-electron chi connectivity index (χ3n) is 4.94. The maximum atomic E-state index is 12.5. The van der Waals surface area contributed by atoms with Crippen molar-refractivity contribution in [2.45, 2.75) is 59.3 Å². The minimum atomic E-state index is 0.0189. The number of anilines is 1. The van der Waals surface area contributed by atoms with E-state index in [-0.39, 0.29) is 23.7 Å². The molecule has 0 aromatic heterocycles. The second kappa shape index (κ2) is 8.86. The number of unbranched alkanes of at least 4 members (excludes halogenated alkanes) is 1. The lowest BCUT2D eigenvalue weighted by Gasteiger charge is -2.27. The van der Waals surface area contributed by atoms with Gasteiger partial charge in [-0.15, -0.1) is 0 Å². The highest BCUT2D eigenvalue weighted by molar-refractivity contribution is 5.93. The van der Waals surface area contributed by atoms with Gasteiger partial charge in [0.05, 0.1) is 0 Å². The zero-order valence-corrected chi connectivity index (χ0v) is 15.2. The number of hydrogen-bond donors (Lipinski definition) is 2. The summed E-state index contributed by atoms with van der Waals surface area (Å²) in [5, 5.41) is 6.06. The average Bonchev–Trinajstić information content (AvgIpc) is 2.57. The molecule has 0 spiro atoms. The molecule has 1 aromatic rings. The van der Waals surface area contributed by atoms with E-state index in [1.807, 2.05) is 26.0 Å². The molecule has 1 aliphatic rings. The van der Waals surface area contributed by atoms with Crippen molar-refractivity contribution in [1.82, 2.24) is 5.32 Å². The van der Waals surface area contributed by atoms with Crippen LogP contribution in [0.15, 0.2) is 18.2 Å². The molecule has 0 heterocycles. The standard InChI is InChI=1S/C20H30N2O2/c1-4-5-12-21-19(23)16-7-9-17(10-8-16)20(24)22-18-11-6-14(2)13-15(18)3/h6,11,13,16-17H,4-5,7-10,12H2,1-3H3,(H,21,23)(H,22,24). The lowest BCUT2D eigenvalue weighted by molar-refractivity contribution is -0.128. The number of benzene rings is 1. The number of hydrogen-bond acceptors (Lipinski definition) is 2. The van der Waals surface area contributed by atoms with Crippen molar-refractivity contribution >= 4 is 17.5 Å². The number of carbonyl (C=O) groups is 2. The van der Waals surface area contributed by atoms with Crippen LogP contribution in [0, 0.1) is 25.7 Å². The summed E-state index contributed by atoms with van der Waals surface area (Å²) in [5.41, 5.74) is 3.18. The summed E-state index contributed by atoms with van der Waals surface area (Å²) in [4.78, 5) is 24.6. The van der Waals surface area contributed by atoms with Gasteiger partial charge in [0.2, 0.25) is 11.8 Å². The van der Waals surface area contributed by atoms with Crippen molar-refractivity contribution in [2.75, 3.05) is 11.9 Å². The largest absolute Gasteiger partial charge is 0.356 e. The second-order valence-corrected chi connectivity index (χ2v) is 7.00. The van der Waals surface area contributed by atoms with Gasteiger partial charge < -0.3 is 10.6 Å². The van der Waals surface area contributed by atoms with Crippen molar-refractivity contribution in [1.29, 1.82) is 0 Å². The minimum Gasteiger partial charge on any atom is -0.356 e. The normalized spacial score (nSPS) is 20.5. The maximum absolute atomic E-state index is 12.5. The molecule has 1 aliphatic carbocycles. The third kappa shape index (κ3) is 5.08. The van der Waals surface area contributed by atoms with Gasteiger partial charge in [0, 0.05) is 24.1 Å². The first-order valence-corrected chi connectivity index (χ1v) is 9.17. The van der Waals surface area contributed by atoms with Crippen molar-refractivity contribution in [3.05, 3.63) is 29.3 Å². The van der Waals surface area contributed by atoms with Crippen molar-refractivity contribution in [2.24, 2.45) is 11.8 Å². The molecule has 2 N–H and O–H groups in total. The molecule has 0 saturated heterocycles. The Bertz CT molecular complexity index is 575. The van der Waals surface area contributed by atoms with E-state index in [0.29, 0.717) is 0 Å². The zero-order chi connectivity index (χ0) is 17.5. The number of nitrogens with one attached hydrogen (secondary N) is 2. The Morgan fingerprint density at radius 1 is 1.04 bits per heavy atom. The predicted molar refractivity (Wildman–Crippen MR) is 97.9 cm³/mol. The van der Waals surface area contributed by atoms with E-state index in [1.165, 1.54) is 5.56 Å². The number of carbonyl (C=O) groups excluding carboxylic acids is 2. The van der Waals surface area contributed by atoms with Crippen LogP contribution in [0.1, 0.15) is 56.6 Å². The third-order valence-corrected chi connectivity index (χ3v) is 4.94. The quantitative estimate of drug-likeness (QED) is 0.776. The van der Waals surface area contributed by atoms with Crippen LogP contribution in [0.4, 0.5) is 5.69 Å². The first kappa shape index (κ1) is 18.5. The summed E-state index contributed by atoms with van der Waals surface area (Å²) in [7, 11) is 0. The molecule has 0 radical (unpaired) electrons. The van der Waals surface area contributed by atoms with E-state index in [1.54, 1.807) is 0 Å². The summed E-state index contributed by atoms with van der Waals surface area (Å²) in [6.45, 7) is 6.94. The molecule has 2 amide bonds. The first-order chi connectivity index (χ1) is 11.5. The van der Waals surface area contributed by atoms with Gasteiger partial charge in [0.25, 0.3) is 0 Å². The van der Waals surface area contributed by atoms with Crippen LogP contribution >= 0.6 is 0 Å². The molecule has 4 nitrogen and oxygen atoms in total. The van der Waals surface area contributed by atoms with Gasteiger partial charge in [0.1, 0.15) is 0 Å². The summed E-state index contributed by atoms with van der Waals surface area (Å²) in [6.07, 6.45) is 5.32. The molecule has 1 saturated carbocycles. The Balaban J connectivity index is 1.81. The second-order valence-electron chi connectivity index (χ2n) is 7.00. The number of aryl methyl sites for hydroxylation is 2. The summed E-state index contributed by atoms with van der Waals surface area (Å²) >= 11 is 0. The highest BCUT2D eigenvalue weighted by atomic mass is 16.2. The highest BCUT2D eigenvalue weighted by Gasteiger charge is 2.29. The SMILES string of the molecule is CCCCNC(=O)C1CCC(C(=O)Nc2ccc(C)cc2C)CC1. The van der Waals surface area contributed by atoms with Crippen molar-refractivity contribution in [3.8, 4) is 0 Å². The molecule has 24 heavy (non-hydrogen) atoms. The van der Waals surface area contributed by atoms with Crippen LogP contribution in [0.25, 0.3) is 0 Å². The van der Waals surface area contributed by atoms with Gasteiger partial charge in [-0.2, -0.15) is 0 Å². The molecule has 0 bridgehead atoms. The van der Waals surface area contributed by atoms with E-state index in [4.69, 9.17) is 0 Å². The fourth-order valence-corrected chi connectivity index (χ4v) is 3.34. The van der Waals surface area contributed by atoms with E-state index in [2.05, 4.69) is 23.6 Å². The van der Waals surface area contributed by atoms with E-state index < -0.39 is 0 Å². The summed E-state index contributed by atoms with van der Waals surface area (Å²) in [6, 6.07) is 6.06. The molecule has 132 valence electrons. The molecule has 2 rings (SSSR count). The fourth-order valence-electron chi connectivity index (χ4n) is 3.34. The first-order valence-electron chi connectivity index (χ1n) is 9.17. The van der Waals surface area contributed by atoms with Crippen LogP contribution in [0.2, 0.25) is 0 Å². The predicted octanol–water partition coefficient (Wildman–Crippen LogP) is 3.96. The fraction of sp³-hybridized carbons (Fsp3) is 0.600. The Morgan fingerprint density at radius 3 is 2.25 bits per heavy atom. The zero-order valence-electron chi connectivity index (χ0n) is 15.2. The molecular weight excluding hydrogens is 300 g/mol. The van der Waals surface area contributed by atoms with E-state index in [0.717, 1.165) is 56.3 Å². The van der Waals surface area contributed by atoms with Gasteiger partial charge in [-0.05, 0) is 57.6 Å². The Hall–Kier alpha value is -1.84. The highest BCUT2D eigenvalue weighted by Crippen LogP contribution is 2.30. The van der Waals surface area contributed by atoms with Gasteiger partial charge >= 0.3 is 0 Å². The Morgan fingerprint density at radius 2 is 1.67 bits per heavy atom. The molecule has 1 fully saturated rings. The topological polar surface area (TPSA) is 58.2 Å². The van der Waals surface area contributed by atoms with Gasteiger partial charge in [-0.3, -0.25) is 9.59 Å². The van der Waals surface area contributed by atoms with Crippen molar-refractivity contribution < 1.29 is 9.59 Å². The molecule has 1 aromatic carbocycles. The average molecular weight is 330 g/mol. The molecule has 0 aliphatic heterocycles. The van der Waals surface area contributed by atoms with Crippen molar-refractivity contribution in [3.63, 3.8) is 0 Å². The van der Waals surface area contributed by atoms with Crippen LogP contribution in [-0.4, -0.2) is 18.4 Å². The smallest absolute Gasteiger partial charge is 0.227 e. The number of amides is 2. The molecular formula is C20H30N2O2. The van der Waals surface area contributed by atoms with Crippen LogP contribution in [-0.2, 0) is 9.59 Å². The number of rotatable bonds is 6. The van der Waals surface area contributed by atoms with E-state index in [9.17, 15) is 9.59 Å². The van der Waals surface area contributed by atoms with Crippen LogP contribution < -0.4 is 10.6 Å². The van der Waals surface area contributed by atoms with Crippen LogP contribution in [0.5, 0.6) is 0 Å². The van der Waals surface area contributed by atoms with E-state index >= 15 is 0 Å².